The lowest BCUT2D eigenvalue weighted by molar-refractivity contribution is -0.314. The smallest absolute Gasteiger partial charge is 0.194 e. The van der Waals surface area contributed by atoms with Gasteiger partial charge in [-0.25, -0.2) is 0 Å². The lowest BCUT2D eigenvalue weighted by atomic mass is 9.52. The molecule has 2 atom stereocenters. The Kier molecular flexibility index (Phi) is 5.78. The molecule has 0 bridgehead atoms. The van der Waals surface area contributed by atoms with Crippen molar-refractivity contribution >= 4 is 0 Å². The van der Waals surface area contributed by atoms with Gasteiger partial charge in [-0.1, -0.05) is 105 Å². The third-order valence-electron chi connectivity index (χ3n) is 7.27. The highest BCUT2D eigenvalue weighted by Gasteiger charge is 2.65. The van der Waals surface area contributed by atoms with Gasteiger partial charge in [0, 0.05) is 6.42 Å². The summed E-state index contributed by atoms with van der Waals surface area (Å²) in [5.41, 5.74) is -0.460. The Morgan fingerprint density at radius 3 is 1.42 bits per heavy atom. The van der Waals surface area contributed by atoms with Crippen LogP contribution in [0.2, 0.25) is 0 Å². The molecule has 1 aliphatic carbocycles. The predicted octanol–water partition coefficient (Wildman–Crippen LogP) is 4.89. The van der Waals surface area contributed by atoms with E-state index >= 15 is 0 Å². The Balaban J connectivity index is 2.06. The molecule has 0 amide bonds. The fraction of sp³-hybridized carbons (Fsp3) is 0.357. The minimum Gasteiger partial charge on any atom is -0.383 e. The predicted molar refractivity (Wildman–Crippen MR) is 124 cm³/mol. The number of aliphatic hydroxyl groups is 3. The van der Waals surface area contributed by atoms with E-state index in [2.05, 4.69) is 13.8 Å². The molecule has 3 aromatic rings. The van der Waals surface area contributed by atoms with Crippen LogP contribution in [-0.4, -0.2) is 26.7 Å². The monoisotopic (exact) mass is 416 g/mol. The molecule has 3 N–H and O–H groups in total. The minimum absolute atomic E-state index is 0.134. The van der Waals surface area contributed by atoms with Crippen molar-refractivity contribution in [2.45, 2.75) is 49.9 Å². The molecule has 3 nitrogen and oxygen atoms in total. The second-order valence-electron chi connectivity index (χ2n) is 9.27. The Morgan fingerprint density at radius 2 is 1.10 bits per heavy atom. The van der Waals surface area contributed by atoms with Gasteiger partial charge in [-0.15, -0.1) is 0 Å². The molecule has 0 radical (unpaired) electrons. The maximum absolute atomic E-state index is 12.5. The van der Waals surface area contributed by atoms with Crippen LogP contribution < -0.4 is 0 Å². The maximum atomic E-state index is 12.5. The Hall–Kier alpha value is -2.46. The number of benzene rings is 3. The molecule has 3 heteroatoms. The highest BCUT2D eigenvalue weighted by atomic mass is 16.5. The Bertz CT molecular complexity index is 886. The average Bonchev–Trinajstić information content (AvgIpc) is 2.78. The van der Waals surface area contributed by atoms with Crippen LogP contribution in [0.25, 0.3) is 0 Å². The van der Waals surface area contributed by atoms with Gasteiger partial charge in [0.15, 0.2) is 5.79 Å². The van der Waals surface area contributed by atoms with Crippen LogP contribution in [0.3, 0.4) is 0 Å². The summed E-state index contributed by atoms with van der Waals surface area (Å²) in [6.07, 6.45) is 1.14. The van der Waals surface area contributed by atoms with Crippen molar-refractivity contribution in [1.82, 2.24) is 0 Å². The average molecular weight is 417 g/mol. The van der Waals surface area contributed by atoms with Crippen molar-refractivity contribution in [3.63, 3.8) is 0 Å². The Morgan fingerprint density at radius 1 is 0.710 bits per heavy atom. The van der Waals surface area contributed by atoms with E-state index in [4.69, 9.17) is 0 Å². The fourth-order valence-corrected chi connectivity index (χ4v) is 5.57. The van der Waals surface area contributed by atoms with E-state index in [1.54, 1.807) is 0 Å². The summed E-state index contributed by atoms with van der Waals surface area (Å²) in [5.74, 6) is -1.82. The van der Waals surface area contributed by atoms with Crippen LogP contribution in [0, 0.1) is 11.8 Å². The van der Waals surface area contributed by atoms with Gasteiger partial charge in [0.25, 0.3) is 0 Å². The molecule has 1 aliphatic rings. The van der Waals surface area contributed by atoms with Gasteiger partial charge in [-0.05, 0) is 41.4 Å². The van der Waals surface area contributed by atoms with Crippen LogP contribution in [0.1, 0.15) is 49.8 Å². The molecule has 2 unspecified atom stereocenters. The first-order valence-corrected chi connectivity index (χ1v) is 11.2. The Labute approximate surface area is 185 Å². The maximum Gasteiger partial charge on any atom is 0.194 e. The SMILES string of the molecule is CC(C)C1CCC(O)(C(c2ccccc2)(c2ccccc2)c2ccccc2)C(O)(O)C1. The van der Waals surface area contributed by atoms with Crippen molar-refractivity contribution in [3.05, 3.63) is 108 Å². The normalized spacial score (nSPS) is 23.6. The molecule has 0 saturated heterocycles. The first-order chi connectivity index (χ1) is 14.8. The summed E-state index contributed by atoms with van der Waals surface area (Å²) in [7, 11) is 0. The zero-order chi connectivity index (χ0) is 22.1. The van der Waals surface area contributed by atoms with Crippen LogP contribution >= 0.6 is 0 Å². The molecule has 162 valence electrons. The molecule has 1 saturated carbocycles. The van der Waals surface area contributed by atoms with Gasteiger partial charge in [0.1, 0.15) is 5.60 Å². The summed E-state index contributed by atoms with van der Waals surface area (Å²) >= 11 is 0. The van der Waals surface area contributed by atoms with E-state index in [1.807, 2.05) is 91.0 Å². The van der Waals surface area contributed by atoms with Gasteiger partial charge in [0.2, 0.25) is 0 Å². The second-order valence-corrected chi connectivity index (χ2v) is 9.27. The molecular weight excluding hydrogens is 384 g/mol. The molecule has 0 aliphatic heterocycles. The molecule has 1 fully saturated rings. The van der Waals surface area contributed by atoms with Crippen molar-refractivity contribution in [2.24, 2.45) is 11.8 Å². The summed E-state index contributed by atoms with van der Waals surface area (Å²) in [5, 5.41) is 35.5. The van der Waals surface area contributed by atoms with Crippen LogP contribution in [-0.2, 0) is 5.41 Å². The quantitative estimate of drug-likeness (QED) is 0.410. The first kappa shape index (κ1) is 21.8. The number of hydrogen-bond acceptors (Lipinski definition) is 3. The standard InChI is InChI=1S/C28H32O3/c1-21(2)22-18-19-26(29,27(30,31)20-22)28(23-12-6-3-7-13-23,24-14-8-4-9-15-24)25-16-10-5-11-17-25/h3-17,21-22,29-31H,18-20H2,1-2H3. The van der Waals surface area contributed by atoms with Gasteiger partial charge in [0.05, 0.1) is 5.41 Å². The van der Waals surface area contributed by atoms with Crippen molar-refractivity contribution in [1.29, 1.82) is 0 Å². The van der Waals surface area contributed by atoms with Gasteiger partial charge < -0.3 is 15.3 Å². The van der Waals surface area contributed by atoms with E-state index in [-0.39, 0.29) is 18.8 Å². The molecule has 4 rings (SSSR count). The molecule has 0 spiro atoms. The van der Waals surface area contributed by atoms with Gasteiger partial charge >= 0.3 is 0 Å². The van der Waals surface area contributed by atoms with Crippen LogP contribution in [0.4, 0.5) is 0 Å². The van der Waals surface area contributed by atoms with Crippen molar-refractivity contribution < 1.29 is 15.3 Å². The van der Waals surface area contributed by atoms with E-state index in [9.17, 15) is 15.3 Å². The molecule has 0 heterocycles. The lowest BCUT2D eigenvalue weighted by Crippen LogP contribution is -2.69. The van der Waals surface area contributed by atoms with Crippen LogP contribution in [0.5, 0.6) is 0 Å². The van der Waals surface area contributed by atoms with E-state index in [0.717, 1.165) is 23.1 Å². The zero-order valence-corrected chi connectivity index (χ0v) is 18.3. The molecular formula is C28H32O3. The molecule has 0 aromatic heterocycles. The summed E-state index contributed by atoms with van der Waals surface area (Å²) < 4.78 is 0. The van der Waals surface area contributed by atoms with E-state index in [0.29, 0.717) is 5.92 Å². The number of rotatable bonds is 5. The van der Waals surface area contributed by atoms with Gasteiger partial charge in [-0.2, -0.15) is 0 Å². The van der Waals surface area contributed by atoms with E-state index < -0.39 is 16.8 Å². The zero-order valence-electron chi connectivity index (χ0n) is 18.3. The van der Waals surface area contributed by atoms with Crippen molar-refractivity contribution in [2.75, 3.05) is 0 Å². The summed E-state index contributed by atoms with van der Waals surface area (Å²) in [6.45, 7) is 4.20. The van der Waals surface area contributed by atoms with Gasteiger partial charge in [-0.3, -0.25) is 0 Å². The van der Waals surface area contributed by atoms with Crippen molar-refractivity contribution in [3.8, 4) is 0 Å². The summed E-state index contributed by atoms with van der Waals surface area (Å²) in [4.78, 5) is 0. The van der Waals surface area contributed by atoms with Crippen LogP contribution in [0.15, 0.2) is 91.0 Å². The minimum atomic E-state index is -2.26. The number of hydrogen-bond donors (Lipinski definition) is 3. The molecule has 3 aromatic carbocycles. The fourth-order valence-electron chi connectivity index (χ4n) is 5.57. The lowest BCUT2D eigenvalue weighted by Gasteiger charge is -2.57. The first-order valence-electron chi connectivity index (χ1n) is 11.2. The third kappa shape index (κ3) is 3.41. The second kappa shape index (κ2) is 8.23. The summed E-state index contributed by atoms with van der Waals surface area (Å²) in [6, 6.07) is 29.3. The highest BCUT2D eigenvalue weighted by Crippen LogP contribution is 2.57. The molecule has 31 heavy (non-hydrogen) atoms. The largest absolute Gasteiger partial charge is 0.383 e. The highest BCUT2D eigenvalue weighted by molar-refractivity contribution is 5.55. The van der Waals surface area contributed by atoms with E-state index in [1.165, 1.54) is 0 Å². The third-order valence-corrected chi connectivity index (χ3v) is 7.27. The topological polar surface area (TPSA) is 60.7 Å².